The number of likely N-dealkylation sites (tertiary alicyclic amines) is 1. The van der Waals surface area contributed by atoms with Gasteiger partial charge in [0.2, 0.25) is 0 Å². The Hall–Kier alpha value is -0.570. The van der Waals surface area contributed by atoms with Gasteiger partial charge in [-0.3, -0.25) is 9.69 Å². The molecule has 1 heterocycles. The first-order valence-corrected chi connectivity index (χ1v) is 3.38. The van der Waals surface area contributed by atoms with Crippen LogP contribution >= 0.6 is 0 Å². The largest absolute Gasteiger partial charge is 0.480 e. The van der Waals surface area contributed by atoms with Crippen LogP contribution in [0, 0.1) is 5.41 Å². The van der Waals surface area contributed by atoms with Gasteiger partial charge in [0.15, 0.2) is 0 Å². The Morgan fingerprint density at radius 3 is 2.30 bits per heavy atom. The molecule has 58 valence electrons. The van der Waals surface area contributed by atoms with Crippen LogP contribution in [-0.2, 0) is 4.79 Å². The van der Waals surface area contributed by atoms with Crippen molar-refractivity contribution in [2.45, 2.75) is 19.9 Å². The summed E-state index contributed by atoms with van der Waals surface area (Å²) in [5.41, 5.74) is -0.0411. The fourth-order valence-corrected chi connectivity index (χ4v) is 1.83. The Balaban J connectivity index is 2.66. The molecule has 10 heavy (non-hydrogen) atoms. The lowest BCUT2D eigenvalue weighted by Crippen LogP contribution is -2.63. The van der Waals surface area contributed by atoms with E-state index in [0.717, 1.165) is 6.54 Å². The van der Waals surface area contributed by atoms with E-state index in [9.17, 15) is 4.79 Å². The Labute approximate surface area is 60.6 Å². The topological polar surface area (TPSA) is 40.5 Å². The molecule has 0 aromatic rings. The average molecular weight is 143 g/mol. The number of likely N-dealkylation sites (N-methyl/N-ethyl adjacent to an activating group) is 1. The smallest absolute Gasteiger partial charge is 0.321 e. The van der Waals surface area contributed by atoms with Crippen LogP contribution in [0.25, 0.3) is 0 Å². The van der Waals surface area contributed by atoms with Crippen molar-refractivity contribution < 1.29 is 9.90 Å². The van der Waals surface area contributed by atoms with Crippen molar-refractivity contribution in [2.24, 2.45) is 5.41 Å². The summed E-state index contributed by atoms with van der Waals surface area (Å²) in [7, 11) is 1.84. The van der Waals surface area contributed by atoms with E-state index < -0.39 is 5.97 Å². The summed E-state index contributed by atoms with van der Waals surface area (Å²) in [6, 6.07) is -0.285. The van der Waals surface area contributed by atoms with Crippen molar-refractivity contribution in [2.75, 3.05) is 13.6 Å². The molecule has 3 nitrogen and oxygen atoms in total. The molecule has 1 saturated heterocycles. The van der Waals surface area contributed by atoms with Crippen LogP contribution < -0.4 is 0 Å². The van der Waals surface area contributed by atoms with Crippen molar-refractivity contribution in [1.82, 2.24) is 4.90 Å². The number of carboxylic acids is 1. The van der Waals surface area contributed by atoms with E-state index in [-0.39, 0.29) is 11.5 Å². The van der Waals surface area contributed by atoms with Crippen LogP contribution in [0.3, 0.4) is 0 Å². The summed E-state index contributed by atoms with van der Waals surface area (Å²) in [5, 5.41) is 8.70. The maximum atomic E-state index is 10.6. The second kappa shape index (κ2) is 1.95. The molecule has 0 bridgehead atoms. The van der Waals surface area contributed by atoms with Crippen molar-refractivity contribution in [3.05, 3.63) is 0 Å². The third-order valence-corrected chi connectivity index (χ3v) is 2.07. The van der Waals surface area contributed by atoms with Crippen molar-refractivity contribution in [3.63, 3.8) is 0 Å². The summed E-state index contributed by atoms with van der Waals surface area (Å²) in [6.45, 7) is 4.83. The van der Waals surface area contributed by atoms with Gasteiger partial charge in [-0.25, -0.2) is 0 Å². The molecule has 3 heteroatoms. The first-order valence-electron chi connectivity index (χ1n) is 3.38. The molecule has 1 aliphatic rings. The first-order chi connectivity index (χ1) is 4.45. The second-order valence-electron chi connectivity index (χ2n) is 3.64. The summed E-state index contributed by atoms with van der Waals surface area (Å²) in [4.78, 5) is 12.4. The van der Waals surface area contributed by atoms with Crippen LogP contribution in [0.5, 0.6) is 0 Å². The van der Waals surface area contributed by atoms with Gasteiger partial charge in [0.25, 0.3) is 0 Å². The molecule has 1 atom stereocenters. The molecule has 0 aromatic carbocycles. The van der Waals surface area contributed by atoms with Gasteiger partial charge in [0, 0.05) is 12.0 Å². The van der Waals surface area contributed by atoms with Crippen molar-refractivity contribution in [1.29, 1.82) is 0 Å². The molecule has 0 radical (unpaired) electrons. The first kappa shape index (κ1) is 7.54. The maximum absolute atomic E-state index is 10.6. The van der Waals surface area contributed by atoms with E-state index >= 15 is 0 Å². The minimum atomic E-state index is -0.709. The molecular weight excluding hydrogens is 130 g/mol. The van der Waals surface area contributed by atoms with Crippen LogP contribution in [0.1, 0.15) is 13.8 Å². The SMILES string of the molecule is CN1CC(C)(C)[C@H]1C(=O)O. The molecule has 0 saturated carbocycles. The Bertz CT molecular complexity index is 165. The fraction of sp³-hybridized carbons (Fsp3) is 0.857. The van der Waals surface area contributed by atoms with Crippen LogP contribution in [-0.4, -0.2) is 35.6 Å². The van der Waals surface area contributed by atoms with Crippen LogP contribution in [0.2, 0.25) is 0 Å². The maximum Gasteiger partial charge on any atom is 0.321 e. The number of carbonyl (C=O) groups is 1. The van der Waals surface area contributed by atoms with Gasteiger partial charge in [-0.05, 0) is 7.05 Å². The van der Waals surface area contributed by atoms with Gasteiger partial charge in [0.1, 0.15) is 6.04 Å². The quantitative estimate of drug-likeness (QED) is 0.578. The minimum Gasteiger partial charge on any atom is -0.480 e. The molecule has 1 rings (SSSR count). The van der Waals surface area contributed by atoms with Crippen molar-refractivity contribution in [3.8, 4) is 0 Å². The summed E-state index contributed by atoms with van der Waals surface area (Å²) in [5.74, 6) is -0.709. The summed E-state index contributed by atoms with van der Waals surface area (Å²) < 4.78 is 0. The second-order valence-corrected chi connectivity index (χ2v) is 3.64. The highest BCUT2D eigenvalue weighted by molar-refractivity contribution is 5.75. The highest BCUT2D eigenvalue weighted by Gasteiger charge is 2.47. The van der Waals surface area contributed by atoms with Gasteiger partial charge >= 0.3 is 5.97 Å². The molecule has 0 amide bonds. The zero-order valence-corrected chi connectivity index (χ0v) is 6.59. The molecule has 1 N–H and O–H groups in total. The van der Waals surface area contributed by atoms with E-state index in [2.05, 4.69) is 0 Å². The number of rotatable bonds is 1. The molecule has 1 fully saturated rings. The predicted molar refractivity (Wildman–Crippen MR) is 37.8 cm³/mol. The van der Waals surface area contributed by atoms with Gasteiger partial charge < -0.3 is 5.11 Å². The van der Waals surface area contributed by atoms with E-state index in [4.69, 9.17) is 5.11 Å². The van der Waals surface area contributed by atoms with Crippen molar-refractivity contribution >= 4 is 5.97 Å². The lowest BCUT2D eigenvalue weighted by atomic mass is 9.75. The normalized spacial score (nSPS) is 31.3. The summed E-state index contributed by atoms with van der Waals surface area (Å²) >= 11 is 0. The predicted octanol–water partition coefficient (Wildman–Crippen LogP) is 0.411. The highest BCUT2D eigenvalue weighted by atomic mass is 16.4. The fourth-order valence-electron chi connectivity index (χ4n) is 1.83. The molecule has 0 unspecified atom stereocenters. The monoisotopic (exact) mass is 143 g/mol. The molecule has 0 aromatic heterocycles. The number of hydrogen-bond acceptors (Lipinski definition) is 2. The molecular formula is C7H13NO2. The Morgan fingerprint density at radius 1 is 1.70 bits per heavy atom. The third kappa shape index (κ3) is 0.904. The number of aliphatic carboxylic acids is 1. The zero-order valence-electron chi connectivity index (χ0n) is 6.59. The lowest BCUT2D eigenvalue weighted by Gasteiger charge is -2.49. The average Bonchev–Trinajstić information content (AvgIpc) is 1.58. The minimum absolute atomic E-state index is 0.0411. The Kier molecular flexibility index (Phi) is 1.47. The number of carboxylic acid groups (broad SMARTS) is 1. The third-order valence-electron chi connectivity index (χ3n) is 2.07. The number of nitrogens with zero attached hydrogens (tertiary/aromatic N) is 1. The van der Waals surface area contributed by atoms with Gasteiger partial charge in [-0.2, -0.15) is 0 Å². The lowest BCUT2D eigenvalue weighted by molar-refractivity contribution is -0.158. The van der Waals surface area contributed by atoms with E-state index in [1.54, 1.807) is 0 Å². The van der Waals surface area contributed by atoms with Gasteiger partial charge in [-0.1, -0.05) is 13.8 Å². The highest BCUT2D eigenvalue weighted by Crippen LogP contribution is 2.35. The number of hydrogen-bond donors (Lipinski definition) is 1. The van der Waals surface area contributed by atoms with Gasteiger partial charge in [-0.15, -0.1) is 0 Å². The standard InChI is InChI=1S/C7H13NO2/c1-7(2)4-8(3)5(7)6(9)10/h5H,4H2,1-3H3,(H,9,10)/t5-/m1/s1. The van der Waals surface area contributed by atoms with E-state index in [1.807, 2.05) is 25.8 Å². The van der Waals surface area contributed by atoms with E-state index in [0.29, 0.717) is 0 Å². The van der Waals surface area contributed by atoms with Crippen LogP contribution in [0.15, 0.2) is 0 Å². The Morgan fingerprint density at radius 2 is 2.20 bits per heavy atom. The zero-order chi connectivity index (χ0) is 7.94. The van der Waals surface area contributed by atoms with Gasteiger partial charge in [0.05, 0.1) is 0 Å². The molecule has 0 spiro atoms. The summed E-state index contributed by atoms with van der Waals surface area (Å²) in [6.07, 6.45) is 0. The molecule has 0 aliphatic carbocycles. The molecule has 1 aliphatic heterocycles. The van der Waals surface area contributed by atoms with E-state index in [1.165, 1.54) is 0 Å². The van der Waals surface area contributed by atoms with Crippen LogP contribution in [0.4, 0.5) is 0 Å².